The molecule has 0 aliphatic carbocycles. The van der Waals surface area contributed by atoms with Crippen molar-refractivity contribution < 1.29 is 9.15 Å². The third kappa shape index (κ3) is 6.08. The molecule has 4 heterocycles. The van der Waals surface area contributed by atoms with Crippen molar-refractivity contribution in [3.63, 3.8) is 0 Å². The number of aromatic nitrogens is 2. The number of morpholine rings is 1. The Balaban J connectivity index is 1.27. The number of benzene rings is 1. The van der Waals surface area contributed by atoms with E-state index in [4.69, 9.17) is 42.9 Å². The predicted octanol–water partition coefficient (Wildman–Crippen LogP) is 5.09. The fourth-order valence-electron chi connectivity index (χ4n) is 4.57. The summed E-state index contributed by atoms with van der Waals surface area (Å²) in [6, 6.07) is 14.0. The smallest absolute Gasteiger partial charge is 0.232 e. The Morgan fingerprint density at radius 3 is 2.61 bits per heavy atom. The summed E-state index contributed by atoms with van der Waals surface area (Å²) >= 11 is 11.6. The number of rotatable bonds is 6. The molecular weight excluding hydrogens is 496 g/mol. The van der Waals surface area contributed by atoms with Crippen LogP contribution in [0.15, 0.2) is 46.9 Å². The monoisotopic (exact) mass is 526 g/mol. The fourth-order valence-corrected chi connectivity index (χ4v) is 4.86. The first-order chi connectivity index (χ1) is 17.5. The average Bonchev–Trinajstić information content (AvgIpc) is 3.38. The quantitative estimate of drug-likeness (QED) is 0.427. The average molecular weight is 527 g/mol. The SMILES string of the molecule is CC1CCCCN1c1cc(N2CCOCC2)nc(NC(=S)NCc2ccc(-c3ccc(Cl)cc3)o2)n1. The molecule has 5 rings (SSSR count). The standard InChI is InChI=1S/C26H31ClN6O2S/c1-18-4-2-3-11-33(18)24-16-23(32-12-14-34-15-13-32)29-25(30-24)31-26(36)28-17-21-9-10-22(35-21)19-5-7-20(27)8-6-19/h5-10,16,18H,2-4,11-15,17H2,1H3,(H2,28,29,30,31,36). The molecule has 1 atom stereocenters. The molecule has 2 fully saturated rings. The van der Waals surface area contributed by atoms with Gasteiger partial charge in [-0.05, 0) is 74.8 Å². The number of ether oxygens (including phenoxy) is 1. The van der Waals surface area contributed by atoms with Crippen LogP contribution in [0.2, 0.25) is 5.02 Å². The van der Waals surface area contributed by atoms with Gasteiger partial charge in [-0.15, -0.1) is 0 Å². The first kappa shape index (κ1) is 24.8. The van der Waals surface area contributed by atoms with Gasteiger partial charge in [-0.2, -0.15) is 9.97 Å². The van der Waals surface area contributed by atoms with Crippen molar-refractivity contribution in [1.29, 1.82) is 0 Å². The lowest BCUT2D eigenvalue weighted by molar-refractivity contribution is 0.122. The summed E-state index contributed by atoms with van der Waals surface area (Å²) in [5.41, 5.74) is 0.971. The molecule has 8 nitrogen and oxygen atoms in total. The second-order valence-corrected chi connectivity index (χ2v) is 9.97. The topological polar surface area (TPSA) is 78.7 Å². The molecule has 3 aromatic rings. The van der Waals surface area contributed by atoms with Gasteiger partial charge in [-0.3, -0.25) is 0 Å². The molecule has 0 amide bonds. The van der Waals surface area contributed by atoms with Gasteiger partial charge < -0.3 is 29.6 Å². The van der Waals surface area contributed by atoms with Crippen molar-refractivity contribution in [2.75, 3.05) is 48.0 Å². The van der Waals surface area contributed by atoms with Gasteiger partial charge in [-0.1, -0.05) is 11.6 Å². The van der Waals surface area contributed by atoms with Crippen molar-refractivity contribution in [1.82, 2.24) is 15.3 Å². The molecule has 0 saturated carbocycles. The third-order valence-electron chi connectivity index (χ3n) is 6.57. The largest absolute Gasteiger partial charge is 0.459 e. The van der Waals surface area contributed by atoms with E-state index in [2.05, 4.69) is 33.4 Å². The molecule has 10 heteroatoms. The normalized spacial score (nSPS) is 18.2. The maximum Gasteiger partial charge on any atom is 0.232 e. The molecule has 2 N–H and O–H groups in total. The fraction of sp³-hybridized carbons (Fsp3) is 0.423. The molecule has 2 aliphatic rings. The summed E-state index contributed by atoms with van der Waals surface area (Å²) in [7, 11) is 0. The lowest BCUT2D eigenvalue weighted by Gasteiger charge is -2.35. The van der Waals surface area contributed by atoms with Crippen LogP contribution in [0.1, 0.15) is 31.9 Å². The first-order valence-corrected chi connectivity index (χ1v) is 13.2. The number of piperidine rings is 1. The molecule has 0 radical (unpaired) electrons. The Morgan fingerprint density at radius 2 is 1.83 bits per heavy atom. The first-order valence-electron chi connectivity index (χ1n) is 12.4. The highest BCUT2D eigenvalue weighted by Crippen LogP contribution is 2.28. The van der Waals surface area contributed by atoms with Crippen molar-refractivity contribution in [3.05, 3.63) is 53.2 Å². The number of furan rings is 1. The number of hydrogen-bond donors (Lipinski definition) is 2. The van der Waals surface area contributed by atoms with Crippen molar-refractivity contribution in [2.24, 2.45) is 0 Å². The molecule has 190 valence electrons. The Labute approximate surface area is 222 Å². The number of halogens is 1. The van der Waals surface area contributed by atoms with Crippen molar-refractivity contribution in [2.45, 2.75) is 38.8 Å². The van der Waals surface area contributed by atoms with Gasteiger partial charge in [0.05, 0.1) is 19.8 Å². The molecular formula is C26H31ClN6O2S. The van der Waals surface area contributed by atoms with Gasteiger partial charge in [-0.25, -0.2) is 0 Å². The third-order valence-corrected chi connectivity index (χ3v) is 7.07. The van der Waals surface area contributed by atoms with Crippen LogP contribution in [-0.2, 0) is 11.3 Å². The van der Waals surface area contributed by atoms with E-state index in [1.807, 2.05) is 36.4 Å². The van der Waals surface area contributed by atoms with Crippen molar-refractivity contribution >= 4 is 46.5 Å². The Hall–Kier alpha value is -2.88. The van der Waals surface area contributed by atoms with Gasteiger partial charge in [0.2, 0.25) is 5.95 Å². The zero-order valence-corrected chi connectivity index (χ0v) is 21.9. The van der Waals surface area contributed by atoms with E-state index in [-0.39, 0.29) is 0 Å². The van der Waals surface area contributed by atoms with Gasteiger partial charge >= 0.3 is 0 Å². The van der Waals surface area contributed by atoms with E-state index in [1.54, 1.807) is 0 Å². The summed E-state index contributed by atoms with van der Waals surface area (Å²) in [4.78, 5) is 14.2. The molecule has 1 aromatic carbocycles. The molecule has 0 bridgehead atoms. The predicted molar refractivity (Wildman–Crippen MR) is 148 cm³/mol. The highest BCUT2D eigenvalue weighted by molar-refractivity contribution is 7.80. The zero-order chi connectivity index (χ0) is 24.9. The van der Waals surface area contributed by atoms with Crippen LogP contribution >= 0.6 is 23.8 Å². The summed E-state index contributed by atoms with van der Waals surface area (Å²) in [6.45, 7) is 6.71. The van der Waals surface area contributed by atoms with Crippen LogP contribution < -0.4 is 20.4 Å². The summed E-state index contributed by atoms with van der Waals surface area (Å²) in [6.07, 6.45) is 3.59. The van der Waals surface area contributed by atoms with E-state index in [1.165, 1.54) is 19.3 Å². The number of anilines is 3. The molecule has 2 aromatic heterocycles. The molecule has 2 saturated heterocycles. The van der Waals surface area contributed by atoms with Crippen LogP contribution in [0.25, 0.3) is 11.3 Å². The minimum Gasteiger partial charge on any atom is -0.459 e. The van der Waals surface area contributed by atoms with Gasteiger partial charge in [0.1, 0.15) is 23.2 Å². The molecule has 2 aliphatic heterocycles. The van der Waals surface area contributed by atoms with Gasteiger partial charge in [0, 0.05) is 42.3 Å². The van der Waals surface area contributed by atoms with E-state index in [0.29, 0.717) is 41.9 Å². The zero-order valence-electron chi connectivity index (χ0n) is 20.4. The van der Waals surface area contributed by atoms with Crippen LogP contribution in [0, 0.1) is 0 Å². The Morgan fingerprint density at radius 1 is 1.06 bits per heavy atom. The molecule has 36 heavy (non-hydrogen) atoms. The minimum absolute atomic E-state index is 0.441. The summed E-state index contributed by atoms with van der Waals surface area (Å²) < 4.78 is 11.5. The number of hydrogen-bond acceptors (Lipinski definition) is 7. The second-order valence-electron chi connectivity index (χ2n) is 9.13. The molecule has 1 unspecified atom stereocenters. The second kappa shape index (κ2) is 11.5. The van der Waals surface area contributed by atoms with Crippen LogP contribution in [0.4, 0.5) is 17.6 Å². The number of nitrogens with one attached hydrogen (secondary N) is 2. The van der Waals surface area contributed by atoms with Crippen LogP contribution in [0.5, 0.6) is 0 Å². The van der Waals surface area contributed by atoms with E-state index >= 15 is 0 Å². The highest BCUT2D eigenvalue weighted by atomic mass is 35.5. The number of thiocarbonyl (C=S) groups is 1. The summed E-state index contributed by atoms with van der Waals surface area (Å²) in [5, 5.41) is 7.53. The van der Waals surface area contributed by atoms with Crippen LogP contribution in [-0.4, -0.2) is 54.0 Å². The van der Waals surface area contributed by atoms with Gasteiger partial charge in [0.15, 0.2) is 5.11 Å². The lowest BCUT2D eigenvalue weighted by Crippen LogP contribution is -2.40. The number of nitrogens with zero attached hydrogens (tertiary/aromatic N) is 4. The lowest BCUT2D eigenvalue weighted by atomic mass is 10.0. The molecule has 0 spiro atoms. The van der Waals surface area contributed by atoms with Crippen molar-refractivity contribution in [3.8, 4) is 11.3 Å². The summed E-state index contributed by atoms with van der Waals surface area (Å²) in [5.74, 6) is 3.87. The maximum atomic E-state index is 5.99. The Bertz CT molecular complexity index is 1180. The van der Waals surface area contributed by atoms with E-state index < -0.39 is 0 Å². The Kier molecular flexibility index (Phi) is 7.89. The van der Waals surface area contributed by atoms with Gasteiger partial charge in [0.25, 0.3) is 0 Å². The van der Waals surface area contributed by atoms with E-state index in [0.717, 1.165) is 48.4 Å². The maximum absolute atomic E-state index is 5.99. The van der Waals surface area contributed by atoms with Crippen LogP contribution in [0.3, 0.4) is 0 Å². The highest BCUT2D eigenvalue weighted by Gasteiger charge is 2.23. The minimum atomic E-state index is 0.441. The van der Waals surface area contributed by atoms with E-state index in [9.17, 15) is 0 Å².